The number of hydrogen-bond acceptors (Lipinski definition) is 2. The maximum atomic E-state index is 6.06. The zero-order valence-corrected chi connectivity index (χ0v) is 12.6. The van der Waals surface area contributed by atoms with Crippen molar-refractivity contribution in [2.75, 3.05) is 0 Å². The van der Waals surface area contributed by atoms with Crippen molar-refractivity contribution in [3.8, 4) is 0 Å². The third-order valence-electron chi connectivity index (χ3n) is 4.54. The molecular weight excluding hydrogens is 247 g/mol. The van der Waals surface area contributed by atoms with Crippen molar-refractivity contribution in [2.45, 2.75) is 45.3 Å². The molecule has 1 saturated heterocycles. The zero-order chi connectivity index (χ0) is 14.4. The van der Waals surface area contributed by atoms with E-state index in [9.17, 15) is 0 Å². The Balaban J connectivity index is 1.81. The molecule has 1 heterocycles. The van der Waals surface area contributed by atoms with Crippen LogP contribution in [-0.4, -0.2) is 18.3 Å². The van der Waals surface area contributed by atoms with Crippen LogP contribution in [0.1, 0.15) is 39.7 Å². The first-order chi connectivity index (χ1) is 9.39. The van der Waals surface area contributed by atoms with Crippen molar-refractivity contribution in [1.82, 2.24) is 0 Å². The third kappa shape index (κ3) is 2.25. The molecular formula is C17H21BO2. The molecule has 0 amide bonds. The Labute approximate surface area is 121 Å². The van der Waals surface area contributed by atoms with Crippen LogP contribution >= 0.6 is 0 Å². The molecule has 0 atom stereocenters. The van der Waals surface area contributed by atoms with Crippen molar-refractivity contribution in [3.05, 3.63) is 48.1 Å². The van der Waals surface area contributed by atoms with Gasteiger partial charge in [-0.15, -0.1) is 0 Å². The molecule has 1 fully saturated rings. The predicted octanol–water partition coefficient (Wildman–Crippen LogP) is 3.33. The first-order valence-corrected chi connectivity index (χ1v) is 7.22. The maximum absolute atomic E-state index is 6.06. The number of benzene rings is 1. The summed E-state index contributed by atoms with van der Waals surface area (Å²) in [6.07, 6.45) is 7.62. The molecule has 0 spiro atoms. The van der Waals surface area contributed by atoms with E-state index in [0.29, 0.717) is 0 Å². The summed E-state index contributed by atoms with van der Waals surface area (Å²) in [6, 6.07) is 8.48. The molecule has 0 N–H and O–H groups in total. The predicted molar refractivity (Wildman–Crippen MR) is 83.9 cm³/mol. The molecule has 104 valence electrons. The summed E-state index contributed by atoms with van der Waals surface area (Å²) >= 11 is 0. The molecule has 1 aliphatic carbocycles. The highest BCUT2D eigenvalue weighted by Gasteiger charge is 2.51. The standard InChI is InChI=1S/C17H21BO2/c1-16(2)17(3,4)20-18(19-16)15-11-9-14(10-12-15)13-7-5-6-8-13/h5,7-12H,6H2,1-4H3. The molecule has 1 aromatic rings. The van der Waals surface area contributed by atoms with Gasteiger partial charge in [0.1, 0.15) is 0 Å². The monoisotopic (exact) mass is 268 g/mol. The van der Waals surface area contributed by atoms with Crippen LogP contribution in [0.25, 0.3) is 5.57 Å². The Hall–Kier alpha value is -1.32. The van der Waals surface area contributed by atoms with Crippen LogP contribution in [0.3, 0.4) is 0 Å². The maximum Gasteiger partial charge on any atom is 0.494 e. The molecule has 1 aromatic carbocycles. The van der Waals surface area contributed by atoms with Gasteiger partial charge in [-0.25, -0.2) is 0 Å². The molecule has 0 saturated carbocycles. The average Bonchev–Trinajstić information content (AvgIpc) is 2.97. The number of rotatable bonds is 2. The van der Waals surface area contributed by atoms with Gasteiger partial charge < -0.3 is 9.31 Å². The summed E-state index contributed by atoms with van der Waals surface area (Å²) in [7, 11) is -0.276. The van der Waals surface area contributed by atoms with Crippen molar-refractivity contribution >= 4 is 18.2 Å². The van der Waals surface area contributed by atoms with E-state index in [4.69, 9.17) is 9.31 Å². The highest BCUT2D eigenvalue weighted by molar-refractivity contribution is 6.62. The van der Waals surface area contributed by atoms with Crippen LogP contribution in [0.15, 0.2) is 42.5 Å². The first-order valence-electron chi connectivity index (χ1n) is 7.22. The number of hydrogen-bond donors (Lipinski definition) is 0. The summed E-state index contributed by atoms with van der Waals surface area (Å²) in [4.78, 5) is 0. The quantitative estimate of drug-likeness (QED) is 0.766. The highest BCUT2D eigenvalue weighted by atomic mass is 16.7. The van der Waals surface area contributed by atoms with Gasteiger partial charge in [-0.1, -0.05) is 42.5 Å². The zero-order valence-electron chi connectivity index (χ0n) is 12.6. The Bertz CT molecular complexity index is 551. The van der Waals surface area contributed by atoms with E-state index >= 15 is 0 Å². The summed E-state index contributed by atoms with van der Waals surface area (Å²) in [5.41, 5.74) is 3.06. The second kappa shape index (κ2) is 4.61. The highest BCUT2D eigenvalue weighted by Crippen LogP contribution is 2.36. The summed E-state index contributed by atoms with van der Waals surface area (Å²) in [5, 5.41) is 0. The molecule has 0 aromatic heterocycles. The van der Waals surface area contributed by atoms with Crippen LogP contribution < -0.4 is 5.46 Å². The van der Waals surface area contributed by atoms with E-state index in [1.54, 1.807) is 0 Å². The van der Waals surface area contributed by atoms with E-state index in [1.807, 2.05) is 0 Å². The number of allylic oxidation sites excluding steroid dienone is 4. The van der Waals surface area contributed by atoms with Gasteiger partial charge in [0.05, 0.1) is 11.2 Å². The van der Waals surface area contributed by atoms with Crippen LogP contribution in [0.2, 0.25) is 0 Å². The second-order valence-electron chi connectivity index (χ2n) is 6.51. The van der Waals surface area contributed by atoms with Gasteiger partial charge in [0.15, 0.2) is 0 Å². The first kappa shape index (κ1) is 13.7. The molecule has 0 unspecified atom stereocenters. The second-order valence-corrected chi connectivity index (χ2v) is 6.51. The summed E-state index contributed by atoms with van der Waals surface area (Å²) < 4.78 is 12.1. The van der Waals surface area contributed by atoms with Gasteiger partial charge in [0, 0.05) is 0 Å². The molecule has 20 heavy (non-hydrogen) atoms. The normalized spacial score (nSPS) is 23.2. The third-order valence-corrected chi connectivity index (χ3v) is 4.54. The van der Waals surface area contributed by atoms with E-state index in [2.05, 4.69) is 70.2 Å². The van der Waals surface area contributed by atoms with E-state index in [0.717, 1.165) is 11.9 Å². The van der Waals surface area contributed by atoms with Crippen LogP contribution in [0, 0.1) is 0 Å². The fourth-order valence-electron chi connectivity index (χ4n) is 2.48. The molecule has 0 bridgehead atoms. The van der Waals surface area contributed by atoms with Gasteiger partial charge in [0.2, 0.25) is 0 Å². The Morgan fingerprint density at radius 2 is 1.55 bits per heavy atom. The van der Waals surface area contributed by atoms with Gasteiger partial charge in [-0.3, -0.25) is 0 Å². The smallest absolute Gasteiger partial charge is 0.399 e. The molecule has 3 heteroatoms. The minimum atomic E-state index is -0.285. The lowest BCUT2D eigenvalue weighted by atomic mass is 9.78. The van der Waals surface area contributed by atoms with E-state index < -0.39 is 0 Å². The minimum absolute atomic E-state index is 0.276. The topological polar surface area (TPSA) is 18.5 Å². The minimum Gasteiger partial charge on any atom is -0.399 e. The average molecular weight is 268 g/mol. The van der Waals surface area contributed by atoms with Gasteiger partial charge >= 0.3 is 7.12 Å². The molecule has 2 nitrogen and oxygen atoms in total. The van der Waals surface area contributed by atoms with Gasteiger partial charge in [-0.05, 0) is 50.7 Å². The van der Waals surface area contributed by atoms with Crippen LogP contribution in [-0.2, 0) is 9.31 Å². The van der Waals surface area contributed by atoms with Crippen molar-refractivity contribution in [3.63, 3.8) is 0 Å². The van der Waals surface area contributed by atoms with E-state index in [-0.39, 0.29) is 18.3 Å². The Kier molecular flexibility index (Phi) is 3.15. The SMILES string of the molecule is CC1(C)OB(c2ccc(C3=CCC=C3)cc2)OC1(C)C. The molecule has 0 radical (unpaired) electrons. The van der Waals surface area contributed by atoms with Crippen molar-refractivity contribution in [2.24, 2.45) is 0 Å². The lowest BCUT2D eigenvalue weighted by molar-refractivity contribution is 0.00578. The van der Waals surface area contributed by atoms with Gasteiger partial charge in [-0.2, -0.15) is 0 Å². The van der Waals surface area contributed by atoms with Crippen molar-refractivity contribution < 1.29 is 9.31 Å². The fourth-order valence-corrected chi connectivity index (χ4v) is 2.48. The largest absolute Gasteiger partial charge is 0.494 e. The fraction of sp³-hybridized carbons (Fsp3) is 0.412. The van der Waals surface area contributed by atoms with E-state index in [1.165, 1.54) is 11.1 Å². The summed E-state index contributed by atoms with van der Waals surface area (Å²) in [5.74, 6) is 0. The lowest BCUT2D eigenvalue weighted by Gasteiger charge is -2.32. The Morgan fingerprint density at radius 3 is 2.05 bits per heavy atom. The molecule has 3 rings (SSSR count). The van der Waals surface area contributed by atoms with Crippen LogP contribution in [0.4, 0.5) is 0 Å². The van der Waals surface area contributed by atoms with Gasteiger partial charge in [0.25, 0.3) is 0 Å². The molecule has 1 aliphatic heterocycles. The van der Waals surface area contributed by atoms with Crippen LogP contribution in [0.5, 0.6) is 0 Å². The van der Waals surface area contributed by atoms with Crippen molar-refractivity contribution in [1.29, 1.82) is 0 Å². The lowest BCUT2D eigenvalue weighted by Crippen LogP contribution is -2.41. The Morgan fingerprint density at radius 1 is 0.950 bits per heavy atom. The summed E-state index contributed by atoms with van der Waals surface area (Å²) in [6.45, 7) is 8.32. The molecule has 2 aliphatic rings.